The van der Waals surface area contributed by atoms with Crippen molar-refractivity contribution in [1.82, 2.24) is 4.90 Å². The fraction of sp³-hybridized carbons (Fsp3) is 0.538. The van der Waals surface area contributed by atoms with Crippen LogP contribution in [0.25, 0.3) is 0 Å². The van der Waals surface area contributed by atoms with Gasteiger partial charge in [0.05, 0.1) is 22.2 Å². The fourth-order valence-electron chi connectivity index (χ4n) is 1.77. The molecular weight excluding hydrogens is 474 g/mol. The summed E-state index contributed by atoms with van der Waals surface area (Å²) in [6, 6.07) is 3.71. The van der Waals surface area contributed by atoms with Gasteiger partial charge in [-0.3, -0.25) is 4.90 Å². The number of halogens is 3. The molecule has 3 N–H and O–H groups in total. The number of ether oxygens (including phenoxy) is 1. The highest BCUT2D eigenvalue weighted by atomic mass is 79.9. The predicted molar refractivity (Wildman–Crippen MR) is 91.7 cm³/mol. The first-order valence-corrected chi connectivity index (χ1v) is 8.75. The second-order valence-corrected chi connectivity index (χ2v) is 7.04. The van der Waals surface area contributed by atoms with E-state index in [0.29, 0.717) is 25.4 Å². The minimum atomic E-state index is -0.717. The van der Waals surface area contributed by atoms with Crippen molar-refractivity contribution in [1.29, 1.82) is 0 Å². The predicted octanol–water partition coefficient (Wildman–Crippen LogP) is 2.00. The number of rotatable bonds is 9. The zero-order valence-corrected chi connectivity index (χ0v) is 16.1. The Morgan fingerprint density at radius 2 is 1.57 bits per heavy atom. The molecule has 1 aromatic rings. The van der Waals surface area contributed by atoms with Gasteiger partial charge in [0.1, 0.15) is 18.5 Å². The average molecular weight is 492 g/mol. The summed E-state index contributed by atoms with van der Waals surface area (Å²) in [5.41, 5.74) is 0. The van der Waals surface area contributed by atoms with Crippen molar-refractivity contribution in [2.45, 2.75) is 6.10 Å². The lowest BCUT2D eigenvalue weighted by Gasteiger charge is -2.23. The molecule has 0 saturated heterocycles. The minimum absolute atomic E-state index is 0.0165. The highest BCUT2D eigenvalue weighted by molar-refractivity contribution is 9.11. The Bertz CT molecular complexity index is 418. The first kappa shape index (κ1) is 19.3. The Morgan fingerprint density at radius 3 is 2.05 bits per heavy atom. The molecule has 0 amide bonds. The van der Waals surface area contributed by atoms with Crippen LogP contribution in [0.15, 0.2) is 25.6 Å². The molecule has 0 fully saturated rings. The molecule has 0 heterocycles. The number of hydrogen-bond acceptors (Lipinski definition) is 5. The number of hydrogen-bond donors (Lipinski definition) is 3. The molecule has 1 aromatic carbocycles. The average Bonchev–Trinajstić information content (AvgIpc) is 2.37. The standard InChI is InChI=1S/C13H18Br3NO4/c14-9-5-11(15)13(12(16)6-9)21-8-10(20)7-17(1-3-18)2-4-19/h5-6,10,18-20H,1-4,7-8H2/t10-/m0/s1. The van der Waals surface area contributed by atoms with Gasteiger partial charge in [-0.2, -0.15) is 0 Å². The van der Waals surface area contributed by atoms with E-state index < -0.39 is 6.10 Å². The van der Waals surface area contributed by atoms with Gasteiger partial charge in [0.2, 0.25) is 0 Å². The Balaban J connectivity index is 2.54. The summed E-state index contributed by atoms with van der Waals surface area (Å²) in [6.45, 7) is 1.22. The Hall–Kier alpha value is 0.300. The summed E-state index contributed by atoms with van der Waals surface area (Å²) in [5, 5.41) is 27.9. The van der Waals surface area contributed by atoms with E-state index in [0.717, 1.165) is 13.4 Å². The van der Waals surface area contributed by atoms with E-state index in [2.05, 4.69) is 47.8 Å². The van der Waals surface area contributed by atoms with Crippen molar-refractivity contribution in [2.75, 3.05) is 39.5 Å². The van der Waals surface area contributed by atoms with Gasteiger partial charge in [0.25, 0.3) is 0 Å². The lowest BCUT2D eigenvalue weighted by molar-refractivity contribution is 0.0548. The van der Waals surface area contributed by atoms with Crippen molar-refractivity contribution in [2.24, 2.45) is 0 Å². The second kappa shape index (κ2) is 10.1. The van der Waals surface area contributed by atoms with Gasteiger partial charge in [0.15, 0.2) is 0 Å². The van der Waals surface area contributed by atoms with Gasteiger partial charge in [-0.25, -0.2) is 0 Å². The van der Waals surface area contributed by atoms with Gasteiger partial charge in [-0.15, -0.1) is 0 Å². The largest absolute Gasteiger partial charge is 0.488 e. The highest BCUT2D eigenvalue weighted by Crippen LogP contribution is 2.36. The SMILES string of the molecule is OCCN(CCO)C[C@H](O)COc1c(Br)cc(Br)cc1Br. The third-order valence-electron chi connectivity index (χ3n) is 2.68. The van der Waals surface area contributed by atoms with E-state index in [4.69, 9.17) is 14.9 Å². The van der Waals surface area contributed by atoms with Crippen LogP contribution >= 0.6 is 47.8 Å². The maximum absolute atomic E-state index is 10.0. The molecule has 0 spiro atoms. The van der Waals surface area contributed by atoms with Crippen molar-refractivity contribution < 1.29 is 20.1 Å². The topological polar surface area (TPSA) is 73.2 Å². The molecular formula is C13H18Br3NO4. The van der Waals surface area contributed by atoms with Crippen molar-refractivity contribution in [3.63, 3.8) is 0 Å². The van der Waals surface area contributed by atoms with E-state index in [1.807, 2.05) is 12.1 Å². The molecule has 0 radical (unpaired) electrons. The van der Waals surface area contributed by atoms with Crippen LogP contribution in [0, 0.1) is 0 Å². The van der Waals surface area contributed by atoms with Gasteiger partial charge < -0.3 is 20.1 Å². The van der Waals surface area contributed by atoms with Crippen LogP contribution in [0.4, 0.5) is 0 Å². The highest BCUT2D eigenvalue weighted by Gasteiger charge is 2.14. The van der Waals surface area contributed by atoms with E-state index in [9.17, 15) is 5.11 Å². The monoisotopic (exact) mass is 489 g/mol. The summed E-state index contributed by atoms with van der Waals surface area (Å²) >= 11 is 10.2. The normalized spacial score (nSPS) is 12.7. The smallest absolute Gasteiger partial charge is 0.147 e. The van der Waals surface area contributed by atoms with Crippen LogP contribution < -0.4 is 4.74 Å². The molecule has 0 bridgehead atoms. The van der Waals surface area contributed by atoms with Crippen LogP contribution in [0.3, 0.4) is 0 Å². The molecule has 8 heteroatoms. The van der Waals surface area contributed by atoms with E-state index in [-0.39, 0.29) is 19.8 Å². The number of aliphatic hydroxyl groups excluding tert-OH is 3. The maximum atomic E-state index is 10.0. The Labute approximate surface area is 149 Å². The minimum Gasteiger partial charge on any atom is -0.488 e. The first-order chi connectivity index (χ1) is 9.97. The summed E-state index contributed by atoms with van der Waals surface area (Å²) in [5.74, 6) is 0.619. The number of nitrogens with zero attached hydrogens (tertiary/aromatic N) is 1. The molecule has 1 rings (SSSR count). The molecule has 5 nitrogen and oxygen atoms in total. The summed E-state index contributed by atoms with van der Waals surface area (Å²) in [4.78, 5) is 1.78. The summed E-state index contributed by atoms with van der Waals surface area (Å²) in [7, 11) is 0. The first-order valence-electron chi connectivity index (χ1n) is 6.37. The molecule has 21 heavy (non-hydrogen) atoms. The van der Waals surface area contributed by atoms with E-state index in [1.165, 1.54) is 0 Å². The van der Waals surface area contributed by atoms with Crippen LogP contribution in [-0.2, 0) is 0 Å². The fourth-order valence-corrected chi connectivity index (χ4v) is 4.26. The maximum Gasteiger partial charge on any atom is 0.147 e. The van der Waals surface area contributed by atoms with Gasteiger partial charge in [0, 0.05) is 24.1 Å². The van der Waals surface area contributed by atoms with Crippen molar-refractivity contribution in [3.8, 4) is 5.75 Å². The molecule has 1 atom stereocenters. The zero-order valence-electron chi connectivity index (χ0n) is 11.3. The van der Waals surface area contributed by atoms with Crippen LogP contribution in [0.5, 0.6) is 5.75 Å². The second-order valence-electron chi connectivity index (χ2n) is 4.41. The van der Waals surface area contributed by atoms with Gasteiger partial charge >= 0.3 is 0 Å². The Morgan fingerprint density at radius 1 is 1.05 bits per heavy atom. The van der Waals surface area contributed by atoms with Gasteiger partial charge in [-0.05, 0) is 44.0 Å². The van der Waals surface area contributed by atoms with Gasteiger partial charge in [-0.1, -0.05) is 15.9 Å². The summed E-state index contributed by atoms with van der Waals surface area (Å²) < 4.78 is 8.09. The lowest BCUT2D eigenvalue weighted by Crippen LogP contribution is -2.38. The van der Waals surface area contributed by atoms with E-state index >= 15 is 0 Å². The molecule has 0 unspecified atom stereocenters. The molecule has 0 aliphatic heterocycles. The summed E-state index contributed by atoms with van der Waals surface area (Å²) in [6.07, 6.45) is -0.717. The third-order valence-corrected chi connectivity index (χ3v) is 4.32. The van der Waals surface area contributed by atoms with E-state index in [1.54, 1.807) is 4.90 Å². The quantitative estimate of drug-likeness (QED) is 0.493. The number of benzene rings is 1. The number of aliphatic hydroxyl groups is 3. The lowest BCUT2D eigenvalue weighted by atomic mass is 10.3. The Kier molecular flexibility index (Phi) is 9.35. The van der Waals surface area contributed by atoms with Crippen LogP contribution in [0.2, 0.25) is 0 Å². The van der Waals surface area contributed by atoms with Crippen LogP contribution in [0.1, 0.15) is 0 Å². The van der Waals surface area contributed by atoms with Crippen molar-refractivity contribution >= 4 is 47.8 Å². The molecule has 0 aromatic heterocycles. The molecule has 120 valence electrons. The molecule has 0 aliphatic rings. The molecule has 0 aliphatic carbocycles. The third kappa shape index (κ3) is 6.94. The molecule has 0 saturated carbocycles. The zero-order chi connectivity index (χ0) is 15.8. The van der Waals surface area contributed by atoms with Crippen LogP contribution in [-0.4, -0.2) is 65.8 Å². The van der Waals surface area contributed by atoms with Crippen molar-refractivity contribution in [3.05, 3.63) is 25.6 Å².